The van der Waals surface area contributed by atoms with Crippen molar-refractivity contribution < 1.29 is 19.0 Å². The molecule has 4 aliphatic rings. The van der Waals surface area contributed by atoms with E-state index in [1.807, 2.05) is 43.3 Å². The highest BCUT2D eigenvalue weighted by molar-refractivity contribution is 5.95. The van der Waals surface area contributed by atoms with E-state index >= 15 is 0 Å². The number of aryl methyl sites for hydroxylation is 1. The smallest absolute Gasteiger partial charge is 0.251 e. The number of nitrogens with one attached hydrogen (secondary N) is 1. The normalized spacial score (nSPS) is 26.8. The Bertz CT molecular complexity index is 906. The third kappa shape index (κ3) is 4.10. The van der Waals surface area contributed by atoms with Crippen LogP contribution in [0.4, 0.5) is 0 Å². The second-order valence-electron chi connectivity index (χ2n) is 8.55. The Hall–Kier alpha value is -2.73. The summed E-state index contributed by atoms with van der Waals surface area (Å²) in [6.45, 7) is 6.13. The van der Waals surface area contributed by atoms with Gasteiger partial charge in [-0.2, -0.15) is 0 Å². The number of benzene rings is 2. The summed E-state index contributed by atoms with van der Waals surface area (Å²) in [6, 6.07) is 13.6. The van der Waals surface area contributed by atoms with E-state index in [1.54, 1.807) is 6.07 Å². The highest BCUT2D eigenvalue weighted by Gasteiger charge is 2.35. The number of rotatable bonds is 5. The summed E-state index contributed by atoms with van der Waals surface area (Å²) in [7, 11) is 0. The first-order chi connectivity index (χ1) is 14.6. The van der Waals surface area contributed by atoms with Gasteiger partial charge < -0.3 is 24.4 Å². The van der Waals surface area contributed by atoms with Gasteiger partial charge in [0, 0.05) is 18.2 Å². The molecule has 2 aromatic rings. The fourth-order valence-electron chi connectivity index (χ4n) is 4.54. The van der Waals surface area contributed by atoms with E-state index in [4.69, 9.17) is 14.2 Å². The highest BCUT2D eigenvalue weighted by atomic mass is 16.6. The third-order valence-electron chi connectivity index (χ3n) is 6.35. The number of carbonyl (C=O) groups is 1. The summed E-state index contributed by atoms with van der Waals surface area (Å²) in [5.74, 6) is 2.62. The highest BCUT2D eigenvalue weighted by Crippen LogP contribution is 2.33. The molecule has 2 aromatic carbocycles. The molecule has 30 heavy (non-hydrogen) atoms. The lowest BCUT2D eigenvalue weighted by atomic mass is 9.84. The molecule has 3 saturated heterocycles. The predicted octanol–water partition coefficient (Wildman–Crippen LogP) is 3.04. The van der Waals surface area contributed by atoms with Crippen LogP contribution in [0.25, 0.3) is 0 Å². The van der Waals surface area contributed by atoms with Crippen molar-refractivity contribution in [2.75, 3.05) is 32.8 Å². The second kappa shape index (κ2) is 8.19. The Labute approximate surface area is 177 Å². The number of hydrogen-bond acceptors (Lipinski definition) is 5. The molecule has 2 atom stereocenters. The van der Waals surface area contributed by atoms with Gasteiger partial charge in [0.1, 0.15) is 19.0 Å². The Morgan fingerprint density at radius 1 is 1.13 bits per heavy atom. The third-order valence-corrected chi connectivity index (χ3v) is 6.35. The Kier molecular flexibility index (Phi) is 5.25. The summed E-state index contributed by atoms with van der Waals surface area (Å²) in [5.41, 5.74) is 1.80. The first kappa shape index (κ1) is 19.2. The first-order valence-corrected chi connectivity index (χ1v) is 10.8. The molecule has 3 fully saturated rings. The van der Waals surface area contributed by atoms with Crippen LogP contribution in [0, 0.1) is 12.8 Å². The van der Waals surface area contributed by atoms with Crippen LogP contribution in [0.2, 0.25) is 0 Å². The molecule has 6 rings (SSSR count). The van der Waals surface area contributed by atoms with Crippen molar-refractivity contribution >= 4 is 5.91 Å². The molecule has 1 N–H and O–H groups in total. The lowest BCUT2D eigenvalue weighted by Gasteiger charge is -2.44. The van der Waals surface area contributed by atoms with Gasteiger partial charge in [0.05, 0.1) is 0 Å². The van der Waals surface area contributed by atoms with Crippen LogP contribution in [0.3, 0.4) is 0 Å². The minimum Gasteiger partial charge on any atom is -0.490 e. The van der Waals surface area contributed by atoms with Crippen molar-refractivity contribution in [1.82, 2.24) is 10.2 Å². The fourth-order valence-corrected chi connectivity index (χ4v) is 4.54. The number of fused-ring (bicyclic) bond motifs is 4. The molecular formula is C24H28N2O4. The summed E-state index contributed by atoms with van der Waals surface area (Å²) in [4.78, 5) is 15.3. The van der Waals surface area contributed by atoms with Crippen LogP contribution < -0.4 is 19.5 Å². The van der Waals surface area contributed by atoms with E-state index in [2.05, 4.69) is 10.2 Å². The minimum atomic E-state index is -0.223. The van der Waals surface area contributed by atoms with Crippen LogP contribution in [-0.4, -0.2) is 55.8 Å². The fraction of sp³-hybridized carbons (Fsp3) is 0.458. The monoisotopic (exact) mass is 408 g/mol. The standard InChI is InChI=1S/C24H28N2O4/c1-16-2-5-19(6-3-16)28-14-20-15-29-22-7-4-18(12-23(22)30-20)24(27)25-21-13-26-10-8-17(21)9-11-26/h2-7,12,17,20-21H,8-11,13-15H2,1H3,(H,25,27)/t20-,21+/m1/s1. The average molecular weight is 408 g/mol. The van der Waals surface area contributed by atoms with Crippen LogP contribution in [0.1, 0.15) is 28.8 Å². The van der Waals surface area contributed by atoms with Crippen molar-refractivity contribution in [3.63, 3.8) is 0 Å². The van der Waals surface area contributed by atoms with Crippen molar-refractivity contribution in [2.45, 2.75) is 31.9 Å². The molecule has 0 spiro atoms. The molecule has 0 unspecified atom stereocenters. The summed E-state index contributed by atoms with van der Waals surface area (Å²) >= 11 is 0. The number of hydrogen-bond donors (Lipinski definition) is 1. The van der Waals surface area contributed by atoms with Crippen molar-refractivity contribution in [1.29, 1.82) is 0 Å². The van der Waals surface area contributed by atoms with Crippen LogP contribution in [-0.2, 0) is 0 Å². The molecule has 0 aliphatic carbocycles. The Morgan fingerprint density at radius 2 is 1.93 bits per heavy atom. The van der Waals surface area contributed by atoms with E-state index in [1.165, 1.54) is 18.4 Å². The predicted molar refractivity (Wildman–Crippen MR) is 113 cm³/mol. The lowest BCUT2D eigenvalue weighted by molar-refractivity contribution is 0.0530. The zero-order valence-electron chi connectivity index (χ0n) is 17.3. The molecule has 1 amide bonds. The molecule has 2 bridgehead atoms. The molecule has 4 aliphatic heterocycles. The van der Waals surface area contributed by atoms with Crippen LogP contribution >= 0.6 is 0 Å². The van der Waals surface area contributed by atoms with Gasteiger partial charge in [-0.3, -0.25) is 4.79 Å². The second-order valence-corrected chi connectivity index (χ2v) is 8.55. The molecule has 0 aromatic heterocycles. The SMILES string of the molecule is Cc1ccc(OC[C@@H]2COc3ccc(C(=O)N[C@H]4CN5CCC4CC5)cc3O2)cc1. The molecule has 158 valence electrons. The summed E-state index contributed by atoms with van der Waals surface area (Å²) in [5, 5.41) is 3.23. The van der Waals surface area contributed by atoms with Crippen molar-refractivity contribution in [3.8, 4) is 17.2 Å². The van der Waals surface area contributed by atoms with Gasteiger partial charge in [-0.1, -0.05) is 17.7 Å². The number of carbonyl (C=O) groups excluding carboxylic acids is 1. The maximum Gasteiger partial charge on any atom is 0.251 e. The van der Waals surface area contributed by atoms with Crippen LogP contribution in [0.5, 0.6) is 17.2 Å². The van der Waals surface area contributed by atoms with Gasteiger partial charge in [-0.05, 0) is 69.1 Å². The van der Waals surface area contributed by atoms with Gasteiger partial charge in [0.15, 0.2) is 17.6 Å². The summed E-state index contributed by atoms with van der Waals surface area (Å²) < 4.78 is 17.7. The molecule has 6 nitrogen and oxygen atoms in total. The maximum atomic E-state index is 12.8. The number of nitrogens with zero attached hydrogens (tertiary/aromatic N) is 1. The Morgan fingerprint density at radius 3 is 2.67 bits per heavy atom. The van der Waals surface area contributed by atoms with Gasteiger partial charge >= 0.3 is 0 Å². The number of amides is 1. The Balaban J connectivity index is 1.21. The van der Waals surface area contributed by atoms with E-state index in [-0.39, 0.29) is 18.1 Å². The number of ether oxygens (including phenoxy) is 3. The molecule has 0 saturated carbocycles. The average Bonchev–Trinajstić information content (AvgIpc) is 2.79. The van der Waals surface area contributed by atoms with E-state index < -0.39 is 0 Å². The maximum absolute atomic E-state index is 12.8. The van der Waals surface area contributed by atoms with Gasteiger partial charge in [0.25, 0.3) is 5.91 Å². The first-order valence-electron chi connectivity index (χ1n) is 10.8. The molecule has 4 heterocycles. The topological polar surface area (TPSA) is 60.0 Å². The van der Waals surface area contributed by atoms with E-state index in [0.29, 0.717) is 36.2 Å². The lowest BCUT2D eigenvalue weighted by Crippen LogP contribution is -2.57. The van der Waals surface area contributed by atoms with Gasteiger partial charge in [-0.25, -0.2) is 0 Å². The van der Waals surface area contributed by atoms with Gasteiger partial charge in [0.2, 0.25) is 0 Å². The quantitative estimate of drug-likeness (QED) is 0.824. The minimum absolute atomic E-state index is 0.0434. The molecular weight excluding hydrogens is 380 g/mol. The van der Waals surface area contributed by atoms with E-state index in [0.717, 1.165) is 25.4 Å². The van der Waals surface area contributed by atoms with E-state index in [9.17, 15) is 4.79 Å². The zero-order chi connectivity index (χ0) is 20.5. The summed E-state index contributed by atoms with van der Waals surface area (Å²) in [6.07, 6.45) is 2.13. The van der Waals surface area contributed by atoms with Crippen molar-refractivity contribution in [2.24, 2.45) is 5.92 Å². The largest absolute Gasteiger partial charge is 0.490 e. The molecule has 0 radical (unpaired) electrons. The van der Waals surface area contributed by atoms with Gasteiger partial charge in [-0.15, -0.1) is 0 Å². The molecule has 6 heteroatoms. The number of piperidine rings is 3. The zero-order valence-corrected chi connectivity index (χ0v) is 17.3. The van der Waals surface area contributed by atoms with Crippen molar-refractivity contribution in [3.05, 3.63) is 53.6 Å². The van der Waals surface area contributed by atoms with Crippen LogP contribution in [0.15, 0.2) is 42.5 Å².